The van der Waals surface area contributed by atoms with Crippen molar-refractivity contribution >= 4 is 29.9 Å². The maximum Gasteiger partial charge on any atom is 0.228 e. The molecule has 1 heterocycles. The van der Waals surface area contributed by atoms with Crippen molar-refractivity contribution in [2.45, 2.75) is 26.8 Å². The van der Waals surface area contributed by atoms with Crippen molar-refractivity contribution in [1.82, 2.24) is 20.8 Å². The molecule has 2 N–H and O–H groups in total. The Bertz CT molecular complexity index is 741. The number of aliphatic imine (C=N–C) groups is 1. The van der Waals surface area contributed by atoms with E-state index in [2.05, 4.69) is 25.8 Å². The summed E-state index contributed by atoms with van der Waals surface area (Å²) in [5.74, 6) is 3.70. The van der Waals surface area contributed by atoms with Crippen LogP contribution in [0.25, 0.3) is 0 Å². The lowest BCUT2D eigenvalue weighted by molar-refractivity contribution is 0.324. The highest BCUT2D eigenvalue weighted by Gasteiger charge is 2.13. The Morgan fingerprint density at radius 1 is 1.11 bits per heavy atom. The first-order valence-corrected chi connectivity index (χ1v) is 8.71. The fraction of sp³-hybridized carbons (Fsp3) is 0.500. The van der Waals surface area contributed by atoms with Gasteiger partial charge in [0.2, 0.25) is 11.6 Å². The molecule has 0 unspecified atom stereocenters. The van der Waals surface area contributed by atoms with E-state index in [-0.39, 0.29) is 24.0 Å². The highest BCUT2D eigenvalue weighted by atomic mass is 127. The van der Waals surface area contributed by atoms with Gasteiger partial charge in [-0.2, -0.15) is 4.98 Å². The second-order valence-corrected chi connectivity index (χ2v) is 5.64. The summed E-state index contributed by atoms with van der Waals surface area (Å²) < 4.78 is 21.2. The number of hydrogen-bond donors (Lipinski definition) is 2. The number of aromatic nitrogens is 2. The molecule has 28 heavy (non-hydrogen) atoms. The molecule has 0 bridgehead atoms. The average molecular weight is 505 g/mol. The number of halogens is 1. The van der Waals surface area contributed by atoms with E-state index in [1.165, 1.54) is 0 Å². The van der Waals surface area contributed by atoms with Gasteiger partial charge in [0, 0.05) is 19.5 Å². The van der Waals surface area contributed by atoms with E-state index in [1.807, 2.05) is 19.1 Å². The summed E-state index contributed by atoms with van der Waals surface area (Å²) in [5.41, 5.74) is 0.939. The van der Waals surface area contributed by atoms with Crippen LogP contribution in [0.5, 0.6) is 17.2 Å². The van der Waals surface area contributed by atoms with E-state index >= 15 is 0 Å². The quantitative estimate of drug-likeness (QED) is 0.304. The Labute approximate surface area is 182 Å². The fourth-order valence-electron chi connectivity index (χ4n) is 2.47. The van der Waals surface area contributed by atoms with Crippen molar-refractivity contribution in [1.29, 1.82) is 0 Å². The predicted octanol–water partition coefficient (Wildman–Crippen LogP) is 2.32. The summed E-state index contributed by atoms with van der Waals surface area (Å²) in [6.45, 7) is 5.64. The van der Waals surface area contributed by atoms with Crippen LogP contribution in [0, 0.1) is 6.92 Å². The van der Waals surface area contributed by atoms with Crippen LogP contribution in [-0.4, -0.2) is 50.5 Å². The van der Waals surface area contributed by atoms with Crippen molar-refractivity contribution in [3.8, 4) is 17.2 Å². The minimum atomic E-state index is 0. The molecular formula is C18H28IN5O4. The molecule has 0 aliphatic heterocycles. The molecule has 1 aromatic heterocycles. The average Bonchev–Trinajstić information content (AvgIpc) is 3.10. The minimum Gasteiger partial charge on any atom is -0.493 e. The van der Waals surface area contributed by atoms with Crippen LogP contribution in [-0.2, 0) is 13.0 Å². The van der Waals surface area contributed by atoms with Crippen molar-refractivity contribution < 1.29 is 18.7 Å². The van der Waals surface area contributed by atoms with Crippen LogP contribution in [0.4, 0.5) is 0 Å². The molecule has 0 aliphatic carbocycles. The number of methoxy groups -OCH3 is 3. The van der Waals surface area contributed by atoms with Crippen molar-refractivity contribution in [2.24, 2.45) is 4.99 Å². The normalized spacial score (nSPS) is 10.8. The Hall–Kier alpha value is -2.24. The van der Waals surface area contributed by atoms with Gasteiger partial charge in [-0.25, -0.2) is 4.99 Å². The number of aryl methyl sites for hydroxylation is 1. The largest absolute Gasteiger partial charge is 0.493 e. The molecule has 0 amide bonds. The standard InChI is InChI=1S/C18H27N5O4.HI/c1-6-19-18(20-8-7-16-22-12(2)23-27-16)21-11-13-9-14(24-3)17(26-5)15(10-13)25-4;/h9-10H,6-8,11H2,1-5H3,(H2,19,20,21);1H. The number of nitrogens with one attached hydrogen (secondary N) is 2. The van der Waals surface area contributed by atoms with Crippen LogP contribution < -0.4 is 24.8 Å². The van der Waals surface area contributed by atoms with Crippen LogP contribution in [0.2, 0.25) is 0 Å². The zero-order valence-electron chi connectivity index (χ0n) is 16.9. The maximum atomic E-state index is 5.38. The monoisotopic (exact) mass is 505 g/mol. The highest BCUT2D eigenvalue weighted by molar-refractivity contribution is 14.0. The molecular weight excluding hydrogens is 477 g/mol. The molecule has 2 aromatic rings. The van der Waals surface area contributed by atoms with Gasteiger partial charge in [-0.15, -0.1) is 24.0 Å². The number of hydrogen-bond acceptors (Lipinski definition) is 7. The fourth-order valence-corrected chi connectivity index (χ4v) is 2.47. The smallest absolute Gasteiger partial charge is 0.228 e. The summed E-state index contributed by atoms with van der Waals surface area (Å²) >= 11 is 0. The Morgan fingerprint density at radius 2 is 1.79 bits per heavy atom. The zero-order chi connectivity index (χ0) is 19.6. The van der Waals surface area contributed by atoms with E-state index in [0.29, 0.717) is 54.4 Å². The van der Waals surface area contributed by atoms with Crippen LogP contribution in [0.1, 0.15) is 24.2 Å². The molecule has 0 aliphatic rings. The number of ether oxygens (including phenoxy) is 3. The third-order valence-corrected chi connectivity index (χ3v) is 3.69. The van der Waals surface area contributed by atoms with E-state index in [9.17, 15) is 0 Å². The summed E-state index contributed by atoms with van der Waals surface area (Å²) in [6, 6.07) is 3.77. The van der Waals surface area contributed by atoms with Gasteiger partial charge in [0.15, 0.2) is 23.3 Å². The van der Waals surface area contributed by atoms with Crippen LogP contribution >= 0.6 is 24.0 Å². The summed E-state index contributed by atoms with van der Waals surface area (Å²) in [6.07, 6.45) is 0.620. The van der Waals surface area contributed by atoms with Gasteiger partial charge in [-0.3, -0.25) is 0 Å². The van der Waals surface area contributed by atoms with E-state index < -0.39 is 0 Å². The molecule has 0 atom stereocenters. The van der Waals surface area contributed by atoms with Gasteiger partial charge in [0.1, 0.15) is 0 Å². The minimum absolute atomic E-state index is 0. The molecule has 0 radical (unpaired) electrons. The lowest BCUT2D eigenvalue weighted by Gasteiger charge is -2.14. The van der Waals surface area contributed by atoms with Crippen molar-refractivity contribution in [3.05, 3.63) is 29.4 Å². The zero-order valence-corrected chi connectivity index (χ0v) is 19.2. The molecule has 0 saturated heterocycles. The predicted molar refractivity (Wildman–Crippen MR) is 117 cm³/mol. The summed E-state index contributed by atoms with van der Waals surface area (Å²) in [4.78, 5) is 8.79. The van der Waals surface area contributed by atoms with Gasteiger partial charge in [-0.05, 0) is 31.5 Å². The number of benzene rings is 1. The molecule has 156 valence electrons. The molecule has 10 heteroatoms. The Kier molecular flexibility index (Phi) is 10.4. The first-order chi connectivity index (χ1) is 13.1. The molecule has 1 aromatic carbocycles. The van der Waals surface area contributed by atoms with E-state index in [1.54, 1.807) is 28.3 Å². The number of nitrogens with zero attached hydrogens (tertiary/aromatic N) is 3. The lowest BCUT2D eigenvalue weighted by Crippen LogP contribution is -2.38. The number of rotatable bonds is 9. The molecule has 2 rings (SSSR count). The third kappa shape index (κ3) is 6.73. The highest BCUT2D eigenvalue weighted by Crippen LogP contribution is 2.38. The van der Waals surface area contributed by atoms with Crippen molar-refractivity contribution in [2.75, 3.05) is 34.4 Å². The Balaban J connectivity index is 0.00000392. The lowest BCUT2D eigenvalue weighted by atomic mass is 10.2. The van der Waals surface area contributed by atoms with Gasteiger partial charge >= 0.3 is 0 Å². The first kappa shape index (κ1) is 23.8. The van der Waals surface area contributed by atoms with Crippen LogP contribution in [0.3, 0.4) is 0 Å². The molecule has 9 nitrogen and oxygen atoms in total. The maximum absolute atomic E-state index is 5.38. The SMILES string of the molecule is CCNC(=NCc1cc(OC)c(OC)c(OC)c1)NCCc1nc(C)no1.I. The summed E-state index contributed by atoms with van der Waals surface area (Å²) in [5, 5.41) is 10.2. The van der Waals surface area contributed by atoms with Gasteiger partial charge in [-0.1, -0.05) is 5.16 Å². The summed E-state index contributed by atoms with van der Waals surface area (Å²) in [7, 11) is 4.76. The van der Waals surface area contributed by atoms with E-state index in [4.69, 9.17) is 18.7 Å². The first-order valence-electron chi connectivity index (χ1n) is 8.71. The second kappa shape index (κ2) is 12.3. The molecule has 0 saturated carbocycles. The molecule has 0 fully saturated rings. The molecule has 0 spiro atoms. The van der Waals surface area contributed by atoms with Gasteiger partial charge in [0.05, 0.1) is 27.9 Å². The van der Waals surface area contributed by atoms with Crippen LogP contribution in [0.15, 0.2) is 21.6 Å². The second-order valence-electron chi connectivity index (χ2n) is 5.64. The number of guanidine groups is 1. The third-order valence-electron chi connectivity index (χ3n) is 3.69. The van der Waals surface area contributed by atoms with Crippen molar-refractivity contribution in [3.63, 3.8) is 0 Å². The van der Waals surface area contributed by atoms with Gasteiger partial charge < -0.3 is 29.4 Å². The van der Waals surface area contributed by atoms with E-state index in [0.717, 1.165) is 12.1 Å². The topological polar surface area (TPSA) is 103 Å². The van der Waals surface area contributed by atoms with Gasteiger partial charge in [0.25, 0.3) is 0 Å². The Morgan fingerprint density at radius 3 is 2.29 bits per heavy atom.